The molecule has 0 saturated heterocycles. The van der Waals surface area contributed by atoms with Gasteiger partial charge in [-0.25, -0.2) is 9.59 Å². The summed E-state index contributed by atoms with van der Waals surface area (Å²) in [7, 11) is 0. The van der Waals surface area contributed by atoms with E-state index >= 15 is 0 Å². The Labute approximate surface area is 189 Å². The molecule has 1 aromatic heterocycles. The van der Waals surface area contributed by atoms with Gasteiger partial charge in [-0.1, -0.05) is 42.5 Å². The van der Waals surface area contributed by atoms with Gasteiger partial charge in [-0.15, -0.1) is 11.3 Å². The van der Waals surface area contributed by atoms with Crippen LogP contribution in [0.1, 0.15) is 40.1 Å². The number of hydrogen-bond donors (Lipinski definition) is 2. The molecule has 0 aliphatic rings. The molecule has 2 N–H and O–H groups in total. The van der Waals surface area contributed by atoms with E-state index in [0.717, 1.165) is 5.56 Å². The van der Waals surface area contributed by atoms with Gasteiger partial charge in [0.15, 0.2) is 6.10 Å². The van der Waals surface area contributed by atoms with E-state index < -0.39 is 23.9 Å². The van der Waals surface area contributed by atoms with Crippen molar-refractivity contribution >= 4 is 34.2 Å². The summed E-state index contributed by atoms with van der Waals surface area (Å²) in [6.07, 6.45) is -1.10. The number of benzene rings is 2. The number of ether oxygens (including phenoxy) is 2. The lowest BCUT2D eigenvalue weighted by atomic mass is 10.0. The highest BCUT2D eigenvalue weighted by Crippen LogP contribution is 2.36. The highest BCUT2D eigenvalue weighted by Gasteiger charge is 2.25. The van der Waals surface area contributed by atoms with E-state index in [-0.39, 0.29) is 24.3 Å². The zero-order valence-corrected chi connectivity index (χ0v) is 18.5. The van der Waals surface area contributed by atoms with Crippen LogP contribution in [0.25, 0.3) is 11.1 Å². The van der Waals surface area contributed by atoms with Crippen LogP contribution in [0.3, 0.4) is 0 Å². The van der Waals surface area contributed by atoms with Gasteiger partial charge in [0.25, 0.3) is 5.91 Å². The Hall–Kier alpha value is -3.49. The number of rotatable bonds is 8. The Balaban J connectivity index is 1.76. The summed E-state index contributed by atoms with van der Waals surface area (Å²) in [5.74, 6) is -1.78. The molecule has 1 amide bonds. The molecule has 0 aliphatic heterocycles. The number of esters is 2. The summed E-state index contributed by atoms with van der Waals surface area (Å²) in [5, 5.41) is 13.9. The van der Waals surface area contributed by atoms with Crippen molar-refractivity contribution in [3.63, 3.8) is 0 Å². The minimum absolute atomic E-state index is 0.136. The molecule has 32 heavy (non-hydrogen) atoms. The second kappa shape index (κ2) is 10.7. The van der Waals surface area contributed by atoms with Crippen molar-refractivity contribution < 1.29 is 29.0 Å². The number of amides is 1. The summed E-state index contributed by atoms with van der Waals surface area (Å²) < 4.78 is 10.4. The van der Waals surface area contributed by atoms with Crippen LogP contribution in [0.5, 0.6) is 0 Å². The standard InChI is InChI=1S/C24H23NO6S/c1-3-30-24(29)20-19(17-7-5-4-6-8-17)14-32-22(20)25-21(27)15(2)31-23(28)18-11-9-16(13-26)10-12-18/h4-12,14-15,26H,3,13H2,1-2H3,(H,25,27). The molecule has 166 valence electrons. The van der Waals surface area contributed by atoms with Crippen molar-refractivity contribution in [1.29, 1.82) is 0 Å². The van der Waals surface area contributed by atoms with Crippen LogP contribution in [-0.2, 0) is 20.9 Å². The molecule has 0 fully saturated rings. The average molecular weight is 454 g/mol. The lowest BCUT2D eigenvalue weighted by Crippen LogP contribution is -2.30. The van der Waals surface area contributed by atoms with E-state index in [1.165, 1.54) is 30.4 Å². The normalized spacial score (nSPS) is 11.5. The van der Waals surface area contributed by atoms with Crippen molar-refractivity contribution in [2.75, 3.05) is 11.9 Å². The van der Waals surface area contributed by atoms with Gasteiger partial charge < -0.3 is 19.9 Å². The molecule has 3 aromatic rings. The molecule has 7 nitrogen and oxygen atoms in total. The van der Waals surface area contributed by atoms with Crippen molar-refractivity contribution in [2.24, 2.45) is 0 Å². The van der Waals surface area contributed by atoms with Crippen molar-refractivity contribution in [1.82, 2.24) is 0 Å². The molecule has 0 radical (unpaired) electrons. The van der Waals surface area contributed by atoms with E-state index in [9.17, 15) is 14.4 Å². The van der Waals surface area contributed by atoms with Crippen LogP contribution in [0.4, 0.5) is 5.00 Å². The first-order valence-corrected chi connectivity index (χ1v) is 10.9. The monoisotopic (exact) mass is 453 g/mol. The van der Waals surface area contributed by atoms with E-state index in [4.69, 9.17) is 14.6 Å². The van der Waals surface area contributed by atoms with Crippen molar-refractivity contribution in [3.05, 3.63) is 76.7 Å². The van der Waals surface area contributed by atoms with Gasteiger partial charge in [-0.3, -0.25) is 4.79 Å². The first-order valence-electron chi connectivity index (χ1n) is 10.00. The Morgan fingerprint density at radius 3 is 2.34 bits per heavy atom. The lowest BCUT2D eigenvalue weighted by molar-refractivity contribution is -0.123. The molecule has 3 rings (SSSR count). The summed E-state index contributed by atoms with van der Waals surface area (Å²) in [4.78, 5) is 37.6. The smallest absolute Gasteiger partial charge is 0.341 e. The average Bonchev–Trinajstić information content (AvgIpc) is 3.23. The third-order valence-electron chi connectivity index (χ3n) is 4.62. The predicted molar refractivity (Wildman–Crippen MR) is 122 cm³/mol. The highest BCUT2D eigenvalue weighted by molar-refractivity contribution is 7.15. The maximum absolute atomic E-state index is 12.7. The quantitative estimate of drug-likeness (QED) is 0.494. The minimum Gasteiger partial charge on any atom is -0.462 e. The van der Waals surface area contributed by atoms with Gasteiger partial charge >= 0.3 is 11.9 Å². The number of carbonyl (C=O) groups is 3. The van der Waals surface area contributed by atoms with Crippen LogP contribution in [0.2, 0.25) is 0 Å². The Morgan fingerprint density at radius 1 is 1.03 bits per heavy atom. The van der Waals surface area contributed by atoms with Gasteiger partial charge in [0.2, 0.25) is 0 Å². The Morgan fingerprint density at radius 2 is 1.72 bits per heavy atom. The summed E-state index contributed by atoms with van der Waals surface area (Å²) in [6.45, 7) is 3.21. The highest BCUT2D eigenvalue weighted by atomic mass is 32.1. The lowest BCUT2D eigenvalue weighted by Gasteiger charge is -2.14. The second-order valence-corrected chi connectivity index (χ2v) is 7.71. The number of nitrogens with one attached hydrogen (secondary N) is 1. The van der Waals surface area contributed by atoms with Crippen LogP contribution in [0, 0.1) is 0 Å². The molecular weight excluding hydrogens is 430 g/mol. The van der Waals surface area contributed by atoms with Crippen LogP contribution in [0.15, 0.2) is 60.0 Å². The summed E-state index contributed by atoms with van der Waals surface area (Å²) in [6, 6.07) is 15.5. The van der Waals surface area contributed by atoms with Gasteiger partial charge in [-0.05, 0) is 37.1 Å². The van der Waals surface area contributed by atoms with Crippen LogP contribution in [-0.4, -0.2) is 35.7 Å². The molecule has 0 spiro atoms. The fourth-order valence-electron chi connectivity index (χ4n) is 2.93. The predicted octanol–water partition coefficient (Wildman–Crippen LogP) is 4.27. The van der Waals surface area contributed by atoms with Crippen molar-refractivity contribution in [2.45, 2.75) is 26.6 Å². The number of aliphatic hydroxyl groups is 1. The maximum Gasteiger partial charge on any atom is 0.341 e. The third kappa shape index (κ3) is 5.40. The van der Waals surface area contributed by atoms with Gasteiger partial charge in [-0.2, -0.15) is 0 Å². The topological polar surface area (TPSA) is 102 Å². The van der Waals surface area contributed by atoms with Crippen molar-refractivity contribution in [3.8, 4) is 11.1 Å². The van der Waals surface area contributed by atoms with E-state index in [0.29, 0.717) is 16.1 Å². The summed E-state index contributed by atoms with van der Waals surface area (Å²) >= 11 is 1.19. The van der Waals surface area contributed by atoms with E-state index in [1.807, 2.05) is 30.3 Å². The molecular formula is C24H23NO6S. The minimum atomic E-state index is -1.10. The van der Waals surface area contributed by atoms with Gasteiger partial charge in [0, 0.05) is 10.9 Å². The van der Waals surface area contributed by atoms with E-state index in [2.05, 4.69) is 5.32 Å². The summed E-state index contributed by atoms with van der Waals surface area (Å²) in [5.41, 5.74) is 2.65. The number of thiophene rings is 1. The van der Waals surface area contributed by atoms with E-state index in [1.54, 1.807) is 24.4 Å². The van der Waals surface area contributed by atoms with Crippen LogP contribution < -0.4 is 5.32 Å². The maximum atomic E-state index is 12.7. The molecule has 2 aromatic carbocycles. The number of hydrogen-bond acceptors (Lipinski definition) is 7. The first kappa shape index (κ1) is 23.2. The molecule has 1 atom stereocenters. The Bertz CT molecular complexity index is 1090. The Kier molecular flexibility index (Phi) is 7.75. The zero-order valence-electron chi connectivity index (χ0n) is 17.7. The first-order chi connectivity index (χ1) is 15.4. The number of anilines is 1. The number of aliphatic hydroxyl groups excluding tert-OH is 1. The fraction of sp³-hybridized carbons (Fsp3) is 0.208. The van der Waals surface area contributed by atoms with Gasteiger partial charge in [0.1, 0.15) is 10.6 Å². The second-order valence-electron chi connectivity index (χ2n) is 6.83. The third-order valence-corrected chi connectivity index (χ3v) is 5.51. The largest absolute Gasteiger partial charge is 0.462 e. The molecule has 1 heterocycles. The molecule has 0 saturated carbocycles. The molecule has 8 heteroatoms. The SMILES string of the molecule is CCOC(=O)c1c(-c2ccccc2)csc1NC(=O)C(C)OC(=O)c1ccc(CO)cc1. The van der Waals surface area contributed by atoms with Crippen LogP contribution >= 0.6 is 11.3 Å². The fourth-order valence-corrected chi connectivity index (χ4v) is 3.89. The molecule has 0 bridgehead atoms. The number of carbonyl (C=O) groups excluding carboxylic acids is 3. The zero-order chi connectivity index (χ0) is 23.1. The molecule has 1 unspecified atom stereocenters. The molecule has 0 aliphatic carbocycles. The van der Waals surface area contributed by atoms with Gasteiger partial charge in [0.05, 0.1) is 18.8 Å².